The van der Waals surface area contributed by atoms with E-state index in [1.54, 1.807) is 12.1 Å². The molecule has 0 fully saturated rings. The van der Waals surface area contributed by atoms with Crippen molar-refractivity contribution in [2.75, 3.05) is 12.5 Å². The van der Waals surface area contributed by atoms with Gasteiger partial charge in [-0.1, -0.05) is 66.4 Å². The van der Waals surface area contributed by atoms with Crippen molar-refractivity contribution in [3.05, 3.63) is 78.4 Å². The topological polar surface area (TPSA) is 74.5 Å². The average molecular weight is 416 g/mol. The van der Waals surface area contributed by atoms with E-state index in [1.165, 1.54) is 11.8 Å². The van der Waals surface area contributed by atoms with Gasteiger partial charge in [0.1, 0.15) is 0 Å². The number of benzene rings is 3. The second-order valence-electron chi connectivity index (χ2n) is 6.60. The molecular formula is C23H16N2O4S. The van der Waals surface area contributed by atoms with Crippen molar-refractivity contribution < 1.29 is 18.7 Å². The Kier molecular flexibility index (Phi) is 4.94. The van der Waals surface area contributed by atoms with Crippen LogP contribution in [0.5, 0.6) is 11.5 Å². The maximum atomic E-state index is 12.5. The summed E-state index contributed by atoms with van der Waals surface area (Å²) >= 11 is 1.22. The molecule has 1 aliphatic heterocycles. The fourth-order valence-electron chi connectivity index (χ4n) is 3.10. The van der Waals surface area contributed by atoms with Crippen LogP contribution in [-0.2, 0) is 0 Å². The van der Waals surface area contributed by atoms with Crippen LogP contribution in [-0.4, -0.2) is 28.5 Å². The fraction of sp³-hybridized carbons (Fsp3) is 0.0870. The second kappa shape index (κ2) is 8.04. The highest BCUT2D eigenvalue weighted by atomic mass is 32.2. The SMILES string of the molecule is O=C(CSc1nnc(-c2ccc3c(c2)OCO3)o1)c1ccc(-c2ccccc2)cc1. The van der Waals surface area contributed by atoms with Gasteiger partial charge in [-0.15, -0.1) is 10.2 Å². The average Bonchev–Trinajstić information content (AvgIpc) is 3.47. The van der Waals surface area contributed by atoms with Gasteiger partial charge in [-0.25, -0.2) is 0 Å². The molecule has 0 spiro atoms. The van der Waals surface area contributed by atoms with Gasteiger partial charge in [0.05, 0.1) is 5.75 Å². The van der Waals surface area contributed by atoms with Crippen molar-refractivity contribution in [3.63, 3.8) is 0 Å². The number of Topliss-reactive ketones (excluding diaryl/α,β-unsaturated/α-hetero) is 1. The predicted octanol–water partition coefficient (Wildman–Crippen LogP) is 5.11. The van der Waals surface area contributed by atoms with Crippen LogP contribution in [0.1, 0.15) is 10.4 Å². The molecule has 0 amide bonds. The van der Waals surface area contributed by atoms with Crippen molar-refractivity contribution in [1.82, 2.24) is 10.2 Å². The minimum absolute atomic E-state index is 0.00226. The van der Waals surface area contributed by atoms with E-state index in [2.05, 4.69) is 10.2 Å². The number of ether oxygens (including phenoxy) is 2. The smallest absolute Gasteiger partial charge is 0.277 e. The molecule has 3 aromatic carbocycles. The van der Waals surface area contributed by atoms with Gasteiger partial charge in [-0.3, -0.25) is 4.79 Å². The van der Waals surface area contributed by atoms with Crippen LogP contribution in [0, 0.1) is 0 Å². The summed E-state index contributed by atoms with van der Waals surface area (Å²) in [4.78, 5) is 12.5. The van der Waals surface area contributed by atoms with Crippen LogP contribution < -0.4 is 9.47 Å². The summed E-state index contributed by atoms with van der Waals surface area (Å²) in [7, 11) is 0. The number of ketones is 1. The number of thioether (sulfide) groups is 1. The summed E-state index contributed by atoms with van der Waals surface area (Å²) in [6, 6.07) is 23.1. The number of fused-ring (bicyclic) bond motifs is 1. The van der Waals surface area contributed by atoms with E-state index in [0.717, 1.165) is 16.7 Å². The van der Waals surface area contributed by atoms with Crippen LogP contribution in [0.4, 0.5) is 0 Å². The number of hydrogen-bond donors (Lipinski definition) is 0. The first-order valence-corrected chi connectivity index (χ1v) is 10.3. The van der Waals surface area contributed by atoms with Crippen molar-refractivity contribution in [3.8, 4) is 34.1 Å². The number of carbonyl (C=O) groups is 1. The van der Waals surface area contributed by atoms with Gasteiger partial charge in [0.15, 0.2) is 17.3 Å². The minimum atomic E-state index is 0.00226. The van der Waals surface area contributed by atoms with Gasteiger partial charge in [-0.2, -0.15) is 0 Å². The molecule has 6 nitrogen and oxygen atoms in total. The molecule has 0 aliphatic carbocycles. The van der Waals surface area contributed by atoms with Crippen molar-refractivity contribution in [2.24, 2.45) is 0 Å². The first-order valence-electron chi connectivity index (χ1n) is 9.31. The molecular weight excluding hydrogens is 400 g/mol. The first kappa shape index (κ1) is 18.4. The molecule has 0 unspecified atom stereocenters. The van der Waals surface area contributed by atoms with Gasteiger partial charge in [0, 0.05) is 11.1 Å². The van der Waals surface area contributed by atoms with E-state index in [1.807, 2.05) is 60.7 Å². The molecule has 4 aromatic rings. The standard InChI is InChI=1S/C23H16N2O4S/c26-19(17-8-6-16(7-9-17)15-4-2-1-3-5-15)13-30-23-25-24-22(29-23)18-10-11-20-21(12-18)28-14-27-20/h1-12H,13-14H2. The van der Waals surface area contributed by atoms with Crippen LogP contribution in [0.2, 0.25) is 0 Å². The molecule has 2 heterocycles. The van der Waals surface area contributed by atoms with Gasteiger partial charge in [-0.05, 0) is 29.3 Å². The Bertz CT molecular complexity index is 1190. The second-order valence-corrected chi connectivity index (χ2v) is 7.52. The molecule has 148 valence electrons. The molecule has 0 radical (unpaired) electrons. The van der Waals surface area contributed by atoms with E-state index in [4.69, 9.17) is 13.9 Å². The molecule has 0 saturated heterocycles. The molecule has 1 aliphatic rings. The summed E-state index contributed by atoms with van der Waals surface area (Å²) in [5.74, 6) is 1.93. The minimum Gasteiger partial charge on any atom is -0.454 e. The third kappa shape index (κ3) is 3.79. The largest absolute Gasteiger partial charge is 0.454 e. The number of aromatic nitrogens is 2. The normalized spacial score (nSPS) is 12.1. The molecule has 0 N–H and O–H groups in total. The lowest BCUT2D eigenvalue weighted by atomic mass is 10.0. The monoisotopic (exact) mass is 416 g/mol. The summed E-state index contributed by atoms with van der Waals surface area (Å²) in [5, 5.41) is 8.43. The van der Waals surface area contributed by atoms with Crippen LogP contribution in [0.25, 0.3) is 22.6 Å². The Morgan fingerprint density at radius 3 is 2.40 bits per heavy atom. The zero-order chi connectivity index (χ0) is 20.3. The van der Waals surface area contributed by atoms with Crippen LogP contribution >= 0.6 is 11.8 Å². The Morgan fingerprint density at radius 2 is 1.57 bits per heavy atom. The third-order valence-electron chi connectivity index (χ3n) is 4.67. The number of rotatable bonds is 6. The summed E-state index contributed by atoms with van der Waals surface area (Å²) in [5.41, 5.74) is 3.58. The summed E-state index contributed by atoms with van der Waals surface area (Å²) < 4.78 is 16.4. The Morgan fingerprint density at radius 1 is 0.833 bits per heavy atom. The molecule has 0 saturated carbocycles. The van der Waals surface area contributed by atoms with Gasteiger partial charge >= 0.3 is 0 Å². The van der Waals surface area contributed by atoms with E-state index in [9.17, 15) is 4.79 Å². The molecule has 0 bridgehead atoms. The quantitative estimate of drug-likeness (QED) is 0.319. The molecule has 5 rings (SSSR count). The summed E-state index contributed by atoms with van der Waals surface area (Å²) in [6.07, 6.45) is 0. The lowest BCUT2D eigenvalue weighted by Crippen LogP contribution is -2.02. The van der Waals surface area contributed by atoms with Gasteiger partial charge < -0.3 is 13.9 Å². The zero-order valence-electron chi connectivity index (χ0n) is 15.8. The van der Waals surface area contributed by atoms with E-state index < -0.39 is 0 Å². The Balaban J connectivity index is 1.23. The van der Waals surface area contributed by atoms with Gasteiger partial charge in [0.2, 0.25) is 12.7 Å². The maximum absolute atomic E-state index is 12.5. The zero-order valence-corrected chi connectivity index (χ0v) is 16.6. The van der Waals surface area contributed by atoms with Crippen molar-refractivity contribution in [1.29, 1.82) is 0 Å². The highest BCUT2D eigenvalue weighted by molar-refractivity contribution is 7.99. The van der Waals surface area contributed by atoms with E-state index in [0.29, 0.717) is 28.2 Å². The van der Waals surface area contributed by atoms with Crippen molar-refractivity contribution in [2.45, 2.75) is 5.22 Å². The number of hydrogen-bond acceptors (Lipinski definition) is 7. The van der Waals surface area contributed by atoms with Crippen molar-refractivity contribution >= 4 is 17.5 Å². The maximum Gasteiger partial charge on any atom is 0.277 e. The number of nitrogens with zero attached hydrogens (tertiary/aromatic N) is 2. The van der Waals surface area contributed by atoms with Gasteiger partial charge in [0.25, 0.3) is 5.22 Å². The predicted molar refractivity (Wildman–Crippen MR) is 113 cm³/mol. The fourth-order valence-corrected chi connectivity index (χ4v) is 3.76. The first-order chi connectivity index (χ1) is 14.8. The summed E-state index contributed by atoms with van der Waals surface area (Å²) in [6.45, 7) is 0.207. The van der Waals surface area contributed by atoms with E-state index >= 15 is 0 Å². The molecule has 30 heavy (non-hydrogen) atoms. The van der Waals surface area contributed by atoms with E-state index in [-0.39, 0.29) is 18.3 Å². The Labute approximate surface area is 176 Å². The molecule has 0 atom stereocenters. The lowest BCUT2D eigenvalue weighted by Gasteiger charge is -2.03. The lowest BCUT2D eigenvalue weighted by molar-refractivity contribution is 0.102. The van der Waals surface area contributed by atoms with Crippen LogP contribution in [0.15, 0.2) is 82.4 Å². The Hall–Kier alpha value is -3.58. The highest BCUT2D eigenvalue weighted by Gasteiger charge is 2.17. The van der Waals surface area contributed by atoms with Crippen LogP contribution in [0.3, 0.4) is 0 Å². The highest BCUT2D eigenvalue weighted by Crippen LogP contribution is 2.36. The molecule has 1 aromatic heterocycles. The molecule has 7 heteroatoms. The third-order valence-corrected chi connectivity index (χ3v) is 5.49. The number of carbonyl (C=O) groups excluding carboxylic acids is 1.